The molecule has 5 unspecified atom stereocenters. The number of hydrogen-bond acceptors (Lipinski definition) is 8. The van der Waals surface area contributed by atoms with Gasteiger partial charge in [-0.15, -0.1) is 0 Å². The van der Waals surface area contributed by atoms with Crippen LogP contribution >= 0.6 is 0 Å². The standard InChI is InChI=1S/C15H23N5O4/c1-4-8(2)23-12-9(5-22-3)24-15(11(12)21)20-7-19-10-13(16)17-6-18-14(10)20/h6-9,11-12,15,21H,4-5H2,1-3H3,(H2,16,17,18). The lowest BCUT2D eigenvalue weighted by Crippen LogP contribution is -2.38. The maximum Gasteiger partial charge on any atom is 0.167 e. The number of methoxy groups -OCH3 is 1. The molecule has 0 spiro atoms. The monoisotopic (exact) mass is 337 g/mol. The molecule has 9 nitrogen and oxygen atoms in total. The van der Waals surface area contributed by atoms with E-state index in [1.165, 1.54) is 6.33 Å². The number of aliphatic hydroxyl groups is 1. The van der Waals surface area contributed by atoms with Crippen LogP contribution < -0.4 is 5.73 Å². The smallest absolute Gasteiger partial charge is 0.167 e. The summed E-state index contributed by atoms with van der Waals surface area (Å²) in [6.45, 7) is 4.31. The number of aromatic nitrogens is 4. The van der Waals surface area contributed by atoms with E-state index in [-0.39, 0.29) is 18.0 Å². The van der Waals surface area contributed by atoms with E-state index < -0.39 is 18.4 Å². The Hall–Kier alpha value is -1.81. The summed E-state index contributed by atoms with van der Waals surface area (Å²) in [6, 6.07) is 0. The van der Waals surface area contributed by atoms with Crippen molar-refractivity contribution in [3.8, 4) is 0 Å². The van der Waals surface area contributed by atoms with Gasteiger partial charge < -0.3 is 25.1 Å². The third kappa shape index (κ3) is 2.95. The van der Waals surface area contributed by atoms with E-state index in [0.717, 1.165) is 6.42 Å². The number of fused-ring (bicyclic) bond motifs is 1. The van der Waals surface area contributed by atoms with Crippen LogP contribution in [0.4, 0.5) is 5.82 Å². The lowest BCUT2D eigenvalue weighted by Gasteiger charge is -2.24. The molecule has 1 saturated heterocycles. The van der Waals surface area contributed by atoms with Gasteiger partial charge in [-0.05, 0) is 13.3 Å². The van der Waals surface area contributed by atoms with Crippen LogP contribution in [0.25, 0.3) is 11.2 Å². The summed E-state index contributed by atoms with van der Waals surface area (Å²) in [6.07, 6.45) is 1.29. The molecule has 2 aromatic heterocycles. The van der Waals surface area contributed by atoms with Crippen LogP contribution in [-0.2, 0) is 14.2 Å². The number of nitrogens with zero attached hydrogens (tertiary/aromatic N) is 4. The van der Waals surface area contributed by atoms with Crippen molar-refractivity contribution < 1.29 is 19.3 Å². The first-order valence-corrected chi connectivity index (χ1v) is 7.97. The maximum absolute atomic E-state index is 10.8. The zero-order valence-corrected chi connectivity index (χ0v) is 14.0. The molecule has 5 atom stereocenters. The van der Waals surface area contributed by atoms with Crippen LogP contribution in [0.3, 0.4) is 0 Å². The highest BCUT2D eigenvalue weighted by atomic mass is 16.6. The summed E-state index contributed by atoms with van der Waals surface area (Å²) in [7, 11) is 1.59. The second kappa shape index (κ2) is 6.98. The third-order valence-corrected chi connectivity index (χ3v) is 4.27. The molecule has 0 aromatic carbocycles. The van der Waals surface area contributed by atoms with Gasteiger partial charge in [0.1, 0.15) is 30.2 Å². The second-order valence-electron chi connectivity index (χ2n) is 5.91. The van der Waals surface area contributed by atoms with Gasteiger partial charge in [-0.25, -0.2) is 15.0 Å². The molecule has 9 heteroatoms. The van der Waals surface area contributed by atoms with Crippen LogP contribution in [0, 0.1) is 0 Å². The molecule has 0 radical (unpaired) electrons. The van der Waals surface area contributed by atoms with Gasteiger partial charge in [-0.3, -0.25) is 4.57 Å². The highest BCUT2D eigenvalue weighted by Crippen LogP contribution is 2.34. The highest BCUT2D eigenvalue weighted by molar-refractivity contribution is 5.81. The average molecular weight is 337 g/mol. The SMILES string of the molecule is CCC(C)OC1C(COC)OC(n2cnc3c(N)ncnc32)C1O. The van der Waals surface area contributed by atoms with Gasteiger partial charge in [-0.1, -0.05) is 6.92 Å². The number of aliphatic hydroxyl groups excluding tert-OH is 1. The van der Waals surface area contributed by atoms with Crippen molar-refractivity contribution in [1.29, 1.82) is 0 Å². The minimum Gasteiger partial charge on any atom is -0.386 e. The molecule has 0 amide bonds. The van der Waals surface area contributed by atoms with Crippen LogP contribution in [0.1, 0.15) is 26.5 Å². The molecule has 3 heterocycles. The number of nitrogen functional groups attached to an aromatic ring is 1. The average Bonchev–Trinajstić information content (AvgIpc) is 3.12. The zero-order valence-electron chi connectivity index (χ0n) is 14.0. The lowest BCUT2D eigenvalue weighted by molar-refractivity contribution is -0.0891. The molecule has 0 bridgehead atoms. The Balaban J connectivity index is 1.91. The Morgan fingerprint density at radius 1 is 1.42 bits per heavy atom. The van der Waals surface area contributed by atoms with Gasteiger partial charge in [-0.2, -0.15) is 0 Å². The number of hydrogen-bond donors (Lipinski definition) is 2. The number of rotatable bonds is 6. The van der Waals surface area contributed by atoms with Crippen molar-refractivity contribution in [2.45, 2.75) is 50.9 Å². The summed E-state index contributed by atoms with van der Waals surface area (Å²) < 4.78 is 18.8. The fourth-order valence-electron chi connectivity index (χ4n) is 2.84. The third-order valence-electron chi connectivity index (χ3n) is 4.27. The predicted octanol–water partition coefficient (Wildman–Crippen LogP) is 0.497. The molecular formula is C15H23N5O4. The highest BCUT2D eigenvalue weighted by Gasteiger charge is 2.46. The molecule has 2 aromatic rings. The van der Waals surface area contributed by atoms with Crippen molar-refractivity contribution in [2.75, 3.05) is 19.5 Å². The summed E-state index contributed by atoms with van der Waals surface area (Å²) in [4.78, 5) is 12.3. The Morgan fingerprint density at radius 2 is 2.21 bits per heavy atom. The molecular weight excluding hydrogens is 314 g/mol. The van der Waals surface area contributed by atoms with Gasteiger partial charge in [0, 0.05) is 7.11 Å². The van der Waals surface area contributed by atoms with Gasteiger partial charge in [0.25, 0.3) is 0 Å². The lowest BCUT2D eigenvalue weighted by atomic mass is 10.1. The normalized spacial score (nSPS) is 28.5. The fourth-order valence-corrected chi connectivity index (χ4v) is 2.84. The Morgan fingerprint density at radius 3 is 2.92 bits per heavy atom. The van der Waals surface area contributed by atoms with Crippen molar-refractivity contribution >= 4 is 17.0 Å². The van der Waals surface area contributed by atoms with Gasteiger partial charge in [0.15, 0.2) is 17.7 Å². The molecule has 0 saturated carbocycles. The van der Waals surface area contributed by atoms with E-state index in [4.69, 9.17) is 19.9 Å². The van der Waals surface area contributed by atoms with Crippen molar-refractivity contribution in [1.82, 2.24) is 19.5 Å². The van der Waals surface area contributed by atoms with Crippen LogP contribution in [0.5, 0.6) is 0 Å². The van der Waals surface area contributed by atoms with E-state index >= 15 is 0 Å². The molecule has 1 aliphatic heterocycles. The Bertz CT molecular complexity index is 694. The minimum atomic E-state index is -0.882. The summed E-state index contributed by atoms with van der Waals surface area (Å²) in [5.41, 5.74) is 6.80. The van der Waals surface area contributed by atoms with Crippen LogP contribution in [-0.4, -0.2) is 62.8 Å². The van der Waals surface area contributed by atoms with Crippen LogP contribution in [0.15, 0.2) is 12.7 Å². The van der Waals surface area contributed by atoms with E-state index in [2.05, 4.69) is 15.0 Å². The Kier molecular flexibility index (Phi) is 4.95. The fraction of sp³-hybridized carbons (Fsp3) is 0.667. The van der Waals surface area contributed by atoms with Crippen molar-refractivity contribution in [2.24, 2.45) is 0 Å². The second-order valence-corrected chi connectivity index (χ2v) is 5.91. The van der Waals surface area contributed by atoms with Crippen LogP contribution in [0.2, 0.25) is 0 Å². The first-order valence-electron chi connectivity index (χ1n) is 7.97. The van der Waals surface area contributed by atoms with Gasteiger partial charge >= 0.3 is 0 Å². The molecule has 1 fully saturated rings. The van der Waals surface area contributed by atoms with E-state index in [0.29, 0.717) is 17.8 Å². The molecule has 24 heavy (non-hydrogen) atoms. The predicted molar refractivity (Wildman–Crippen MR) is 86.2 cm³/mol. The molecule has 0 aliphatic carbocycles. The summed E-state index contributed by atoms with van der Waals surface area (Å²) in [5, 5.41) is 10.8. The van der Waals surface area contributed by atoms with Gasteiger partial charge in [0.2, 0.25) is 0 Å². The maximum atomic E-state index is 10.8. The number of ether oxygens (including phenoxy) is 3. The number of imidazole rings is 1. The van der Waals surface area contributed by atoms with E-state index in [1.54, 1.807) is 18.0 Å². The molecule has 3 rings (SSSR count). The molecule has 132 valence electrons. The topological polar surface area (TPSA) is 118 Å². The molecule has 3 N–H and O–H groups in total. The Labute approximate surface area is 139 Å². The number of nitrogens with two attached hydrogens (primary N) is 1. The quantitative estimate of drug-likeness (QED) is 0.782. The summed E-state index contributed by atoms with van der Waals surface area (Å²) in [5.74, 6) is 0.284. The largest absolute Gasteiger partial charge is 0.386 e. The number of anilines is 1. The zero-order chi connectivity index (χ0) is 17.3. The van der Waals surface area contributed by atoms with E-state index in [1.807, 2.05) is 13.8 Å². The van der Waals surface area contributed by atoms with E-state index in [9.17, 15) is 5.11 Å². The van der Waals surface area contributed by atoms with Crippen molar-refractivity contribution in [3.63, 3.8) is 0 Å². The first-order chi connectivity index (χ1) is 11.6. The first kappa shape index (κ1) is 17.0. The summed E-state index contributed by atoms with van der Waals surface area (Å²) >= 11 is 0. The van der Waals surface area contributed by atoms with Gasteiger partial charge in [0.05, 0.1) is 19.0 Å². The minimum absolute atomic E-state index is 0.00357. The van der Waals surface area contributed by atoms with Crippen molar-refractivity contribution in [3.05, 3.63) is 12.7 Å². The molecule has 1 aliphatic rings.